The van der Waals surface area contributed by atoms with E-state index >= 15 is 0 Å². The van der Waals surface area contributed by atoms with Crippen LogP contribution in [0, 0.1) is 11.3 Å². The van der Waals surface area contributed by atoms with Gasteiger partial charge in [-0.2, -0.15) is 5.26 Å². The van der Waals surface area contributed by atoms with E-state index in [1.807, 2.05) is 42.5 Å². The van der Waals surface area contributed by atoms with E-state index < -0.39 is 11.2 Å². The molecule has 0 aliphatic carbocycles. The van der Waals surface area contributed by atoms with Gasteiger partial charge in [-0.05, 0) is 11.1 Å². The van der Waals surface area contributed by atoms with Crippen LogP contribution in [0.25, 0.3) is 11.3 Å². The molecule has 0 aliphatic heterocycles. The van der Waals surface area contributed by atoms with Crippen LogP contribution in [-0.4, -0.2) is 9.55 Å². The van der Waals surface area contributed by atoms with Gasteiger partial charge in [0.15, 0.2) is 0 Å². The van der Waals surface area contributed by atoms with E-state index in [1.165, 1.54) is 0 Å². The minimum Gasteiger partial charge on any atom is -0.305 e. The molecule has 0 saturated carbocycles. The Bertz CT molecular complexity index is 981. The Morgan fingerprint density at radius 2 is 1.57 bits per heavy atom. The normalized spacial score (nSPS) is 10.2. The topological polar surface area (TPSA) is 78.7 Å². The van der Waals surface area contributed by atoms with E-state index in [2.05, 4.69) is 4.98 Å². The molecular formula is C18H13N3O2. The second-order valence-electron chi connectivity index (χ2n) is 5.03. The van der Waals surface area contributed by atoms with E-state index in [4.69, 9.17) is 0 Å². The molecule has 1 aromatic heterocycles. The van der Waals surface area contributed by atoms with Crippen molar-refractivity contribution in [1.82, 2.24) is 9.55 Å². The molecule has 3 rings (SSSR count). The Kier molecular flexibility index (Phi) is 3.89. The molecule has 3 aromatic rings. The van der Waals surface area contributed by atoms with Gasteiger partial charge in [-0.25, -0.2) is 4.79 Å². The number of benzene rings is 2. The molecule has 0 aliphatic rings. The lowest BCUT2D eigenvalue weighted by Crippen LogP contribution is -2.37. The summed E-state index contributed by atoms with van der Waals surface area (Å²) in [5.74, 6) is 0. The molecule has 5 nitrogen and oxygen atoms in total. The van der Waals surface area contributed by atoms with Crippen molar-refractivity contribution in [2.24, 2.45) is 0 Å². The molecule has 112 valence electrons. The zero-order valence-electron chi connectivity index (χ0n) is 12.2. The van der Waals surface area contributed by atoms with Crippen molar-refractivity contribution < 1.29 is 0 Å². The number of hydrogen-bond acceptors (Lipinski definition) is 3. The zero-order valence-corrected chi connectivity index (χ0v) is 12.2. The highest BCUT2D eigenvalue weighted by molar-refractivity contribution is 5.65. The van der Waals surface area contributed by atoms with Gasteiger partial charge in [0.05, 0.1) is 12.2 Å². The first-order valence-electron chi connectivity index (χ1n) is 7.07. The lowest BCUT2D eigenvalue weighted by atomic mass is 10.1. The van der Waals surface area contributed by atoms with Crippen molar-refractivity contribution in [1.29, 1.82) is 5.26 Å². The third kappa shape index (κ3) is 2.83. The van der Waals surface area contributed by atoms with Crippen molar-refractivity contribution in [2.75, 3.05) is 0 Å². The standard InChI is InChI=1S/C18H13N3O2/c19-11-15-16(14-9-5-2-6-10-14)20-18(23)21(17(15)22)12-13-7-3-1-4-8-13/h1-10H,12H2,(H,20,23). The maximum absolute atomic E-state index is 12.5. The summed E-state index contributed by atoms with van der Waals surface area (Å²) < 4.78 is 1.04. The summed E-state index contributed by atoms with van der Waals surface area (Å²) in [6.07, 6.45) is 0. The van der Waals surface area contributed by atoms with Gasteiger partial charge in [0, 0.05) is 0 Å². The molecule has 23 heavy (non-hydrogen) atoms. The van der Waals surface area contributed by atoms with Crippen LogP contribution in [0.5, 0.6) is 0 Å². The van der Waals surface area contributed by atoms with Gasteiger partial charge in [-0.15, -0.1) is 0 Å². The van der Waals surface area contributed by atoms with Gasteiger partial charge < -0.3 is 4.98 Å². The van der Waals surface area contributed by atoms with Crippen LogP contribution in [-0.2, 0) is 6.54 Å². The van der Waals surface area contributed by atoms with Crippen LogP contribution in [0.2, 0.25) is 0 Å². The van der Waals surface area contributed by atoms with Crippen LogP contribution in [0.4, 0.5) is 0 Å². The van der Waals surface area contributed by atoms with Crippen LogP contribution in [0.1, 0.15) is 11.1 Å². The van der Waals surface area contributed by atoms with Gasteiger partial charge in [0.1, 0.15) is 11.6 Å². The molecule has 0 atom stereocenters. The van der Waals surface area contributed by atoms with E-state index in [9.17, 15) is 14.9 Å². The minimum atomic E-state index is -0.584. The highest BCUT2D eigenvalue weighted by atomic mass is 16.2. The summed E-state index contributed by atoms with van der Waals surface area (Å²) in [6.45, 7) is 0.124. The predicted octanol–water partition coefficient (Wildman–Crippen LogP) is 2.12. The molecule has 0 unspecified atom stereocenters. The number of rotatable bonds is 3. The molecule has 0 amide bonds. The molecule has 0 fully saturated rings. The van der Waals surface area contributed by atoms with E-state index in [1.54, 1.807) is 24.3 Å². The molecule has 5 heteroatoms. The van der Waals surface area contributed by atoms with Gasteiger partial charge in [0.2, 0.25) is 0 Å². The first kappa shape index (κ1) is 14.5. The molecule has 0 radical (unpaired) electrons. The number of nitriles is 1. The fourth-order valence-electron chi connectivity index (χ4n) is 2.41. The predicted molar refractivity (Wildman–Crippen MR) is 87.0 cm³/mol. The second-order valence-corrected chi connectivity index (χ2v) is 5.03. The van der Waals surface area contributed by atoms with Crippen molar-refractivity contribution in [3.05, 3.63) is 92.6 Å². The lowest BCUT2D eigenvalue weighted by Gasteiger charge is -2.09. The highest BCUT2D eigenvalue weighted by Gasteiger charge is 2.15. The van der Waals surface area contributed by atoms with E-state index in [-0.39, 0.29) is 17.8 Å². The summed E-state index contributed by atoms with van der Waals surface area (Å²) in [5.41, 5.74) is 0.524. The first-order valence-corrected chi connectivity index (χ1v) is 7.07. The summed E-state index contributed by atoms with van der Waals surface area (Å²) in [5, 5.41) is 9.36. The monoisotopic (exact) mass is 303 g/mol. The smallest absolute Gasteiger partial charge is 0.305 e. The quantitative estimate of drug-likeness (QED) is 0.805. The fourth-order valence-corrected chi connectivity index (χ4v) is 2.41. The van der Waals surface area contributed by atoms with Crippen molar-refractivity contribution in [3.8, 4) is 17.3 Å². The summed E-state index contributed by atoms with van der Waals surface area (Å²) in [6, 6.07) is 20.0. The molecule has 1 heterocycles. The maximum Gasteiger partial charge on any atom is 0.329 e. The Morgan fingerprint density at radius 1 is 0.957 bits per heavy atom. The molecule has 2 aromatic carbocycles. The average molecular weight is 303 g/mol. The summed E-state index contributed by atoms with van der Waals surface area (Å²) in [4.78, 5) is 27.5. The van der Waals surface area contributed by atoms with Gasteiger partial charge in [-0.1, -0.05) is 60.7 Å². The fraction of sp³-hybridized carbons (Fsp3) is 0.0556. The molecule has 1 N–H and O–H groups in total. The number of nitrogens with one attached hydrogen (secondary N) is 1. The Labute approximate surface area is 132 Å². The first-order chi connectivity index (χ1) is 11.2. The number of aromatic nitrogens is 2. The van der Waals surface area contributed by atoms with Crippen molar-refractivity contribution in [3.63, 3.8) is 0 Å². The minimum absolute atomic E-state index is 0.0632. The molecule has 0 saturated heterocycles. The third-order valence-electron chi connectivity index (χ3n) is 3.54. The summed E-state index contributed by atoms with van der Waals surface area (Å²) in [7, 11) is 0. The second kappa shape index (κ2) is 6.16. The van der Waals surface area contributed by atoms with E-state index in [0.717, 1.165) is 10.1 Å². The number of H-pyrrole nitrogens is 1. The Hall–Kier alpha value is -3.39. The SMILES string of the molecule is N#Cc1c(-c2ccccc2)[nH]c(=O)n(Cc2ccccc2)c1=O. The average Bonchev–Trinajstić information content (AvgIpc) is 2.60. The van der Waals surface area contributed by atoms with Crippen LogP contribution >= 0.6 is 0 Å². The Balaban J connectivity index is 2.17. The van der Waals surface area contributed by atoms with Crippen LogP contribution in [0.15, 0.2) is 70.3 Å². The van der Waals surface area contributed by atoms with Gasteiger partial charge in [0.25, 0.3) is 5.56 Å². The van der Waals surface area contributed by atoms with Gasteiger partial charge >= 0.3 is 5.69 Å². The lowest BCUT2D eigenvalue weighted by molar-refractivity contribution is 0.698. The number of hydrogen-bond donors (Lipinski definition) is 1. The Morgan fingerprint density at radius 3 is 2.17 bits per heavy atom. The van der Waals surface area contributed by atoms with Crippen molar-refractivity contribution in [2.45, 2.75) is 6.54 Å². The molecule has 0 spiro atoms. The maximum atomic E-state index is 12.5. The van der Waals surface area contributed by atoms with E-state index in [0.29, 0.717) is 5.56 Å². The third-order valence-corrected chi connectivity index (χ3v) is 3.54. The highest BCUT2D eigenvalue weighted by Crippen LogP contribution is 2.16. The molecule has 0 bridgehead atoms. The van der Waals surface area contributed by atoms with Crippen molar-refractivity contribution >= 4 is 0 Å². The summed E-state index contributed by atoms with van der Waals surface area (Å²) >= 11 is 0. The largest absolute Gasteiger partial charge is 0.329 e. The van der Waals surface area contributed by atoms with Gasteiger partial charge in [-0.3, -0.25) is 9.36 Å². The van der Waals surface area contributed by atoms with Crippen LogP contribution in [0.3, 0.4) is 0 Å². The van der Waals surface area contributed by atoms with Crippen LogP contribution < -0.4 is 11.2 Å². The number of aromatic amines is 1. The molecular weight excluding hydrogens is 290 g/mol. The number of nitrogens with zero attached hydrogens (tertiary/aromatic N) is 2. The zero-order chi connectivity index (χ0) is 16.2.